The molecule has 1 amide bonds. The lowest BCUT2D eigenvalue weighted by Crippen LogP contribution is -2.38. The smallest absolute Gasteiger partial charge is 0.222 e. The van der Waals surface area contributed by atoms with E-state index in [0.29, 0.717) is 19.5 Å². The van der Waals surface area contributed by atoms with Crippen molar-refractivity contribution in [1.29, 1.82) is 0 Å². The second-order valence-electron chi connectivity index (χ2n) is 7.08. The molecule has 2 N–H and O–H groups in total. The van der Waals surface area contributed by atoms with Gasteiger partial charge >= 0.3 is 0 Å². The molecule has 1 aliphatic heterocycles. The maximum atomic E-state index is 11.8. The molecule has 0 aliphatic carbocycles. The lowest BCUT2D eigenvalue weighted by molar-refractivity contribution is -0.128. The van der Waals surface area contributed by atoms with Gasteiger partial charge in [-0.15, -0.1) is 24.0 Å². The molecule has 0 saturated carbocycles. The maximum Gasteiger partial charge on any atom is 0.222 e. The van der Waals surface area contributed by atoms with Crippen LogP contribution >= 0.6 is 35.6 Å². The van der Waals surface area contributed by atoms with Crippen LogP contribution in [0.1, 0.15) is 42.5 Å². The molecule has 3 rings (SSSR count). The molecule has 1 saturated heterocycles. The fraction of sp³-hybridized carbons (Fsp3) is 0.364. The van der Waals surface area contributed by atoms with Crippen LogP contribution in [0.2, 0.25) is 5.02 Å². The van der Waals surface area contributed by atoms with E-state index in [-0.39, 0.29) is 35.9 Å². The second kappa shape index (κ2) is 11.4. The van der Waals surface area contributed by atoms with E-state index in [1.807, 2.05) is 35.2 Å². The van der Waals surface area contributed by atoms with Crippen molar-refractivity contribution >= 4 is 47.4 Å². The molecule has 0 bridgehead atoms. The summed E-state index contributed by atoms with van der Waals surface area (Å²) in [5.41, 5.74) is 3.46. The van der Waals surface area contributed by atoms with Gasteiger partial charge in [-0.1, -0.05) is 48.0 Å². The first-order valence-corrected chi connectivity index (χ1v) is 10.0. The number of nitrogens with zero attached hydrogens (tertiary/aromatic N) is 2. The van der Waals surface area contributed by atoms with E-state index in [1.54, 1.807) is 7.05 Å². The Balaban J connectivity index is 0.00000300. The number of aliphatic imine (C=N–C) groups is 1. The molecule has 2 aromatic carbocycles. The Bertz CT molecular complexity index is 841. The largest absolute Gasteiger partial charge is 0.352 e. The average Bonchev–Trinajstić information content (AvgIpc) is 3.10. The zero-order valence-electron chi connectivity index (χ0n) is 16.8. The Labute approximate surface area is 194 Å². The molecule has 1 unspecified atom stereocenters. The number of benzene rings is 2. The zero-order valence-corrected chi connectivity index (χ0v) is 19.9. The van der Waals surface area contributed by atoms with E-state index in [4.69, 9.17) is 11.6 Å². The number of carbonyl (C=O) groups is 1. The monoisotopic (exact) mass is 526 g/mol. The highest BCUT2D eigenvalue weighted by Crippen LogP contribution is 2.17. The van der Waals surface area contributed by atoms with Crippen LogP contribution in [0.3, 0.4) is 0 Å². The standard InChI is InChI=1S/C22H27ClN4O.HI/c1-16(19-8-10-20(23)11-9-19)26-22(24-2)25-14-17-5-3-6-18(13-17)15-27-12-4-7-21(27)28;/h3,5-6,8-11,13,16H,4,7,12,14-15H2,1-2H3,(H2,24,25,26);1H. The Morgan fingerprint density at radius 3 is 2.59 bits per heavy atom. The van der Waals surface area contributed by atoms with E-state index >= 15 is 0 Å². The highest BCUT2D eigenvalue weighted by Gasteiger charge is 2.19. The SMILES string of the molecule is CN=C(NCc1cccc(CN2CCCC2=O)c1)NC(C)c1ccc(Cl)cc1.I. The van der Waals surface area contributed by atoms with E-state index < -0.39 is 0 Å². The molecule has 1 atom stereocenters. The summed E-state index contributed by atoms with van der Waals surface area (Å²) in [6, 6.07) is 16.3. The third kappa shape index (κ3) is 6.89. The summed E-state index contributed by atoms with van der Waals surface area (Å²) in [6.45, 7) is 4.30. The lowest BCUT2D eigenvalue weighted by Gasteiger charge is -2.19. The number of amides is 1. The van der Waals surface area contributed by atoms with Crippen molar-refractivity contribution in [2.75, 3.05) is 13.6 Å². The number of carbonyl (C=O) groups excluding carboxylic acids is 1. The van der Waals surface area contributed by atoms with Gasteiger partial charge in [-0.2, -0.15) is 0 Å². The second-order valence-corrected chi connectivity index (χ2v) is 7.52. The van der Waals surface area contributed by atoms with Gasteiger partial charge in [0.2, 0.25) is 5.91 Å². The highest BCUT2D eigenvalue weighted by atomic mass is 127. The highest BCUT2D eigenvalue weighted by molar-refractivity contribution is 14.0. The lowest BCUT2D eigenvalue weighted by atomic mass is 10.1. The molecule has 0 spiro atoms. The van der Waals surface area contributed by atoms with Crippen molar-refractivity contribution in [3.63, 3.8) is 0 Å². The van der Waals surface area contributed by atoms with Gasteiger partial charge in [0.25, 0.3) is 0 Å². The summed E-state index contributed by atoms with van der Waals surface area (Å²) in [4.78, 5) is 18.1. The first-order chi connectivity index (χ1) is 13.5. The quantitative estimate of drug-likeness (QED) is 0.331. The molecule has 2 aromatic rings. The normalized spacial score (nSPS) is 15.1. The summed E-state index contributed by atoms with van der Waals surface area (Å²) >= 11 is 5.96. The van der Waals surface area contributed by atoms with Gasteiger partial charge in [0.05, 0.1) is 6.04 Å². The van der Waals surface area contributed by atoms with E-state index in [0.717, 1.165) is 40.6 Å². The van der Waals surface area contributed by atoms with Gasteiger partial charge in [-0.3, -0.25) is 9.79 Å². The number of hydrogen-bond acceptors (Lipinski definition) is 2. The van der Waals surface area contributed by atoms with Gasteiger partial charge in [-0.05, 0) is 42.2 Å². The van der Waals surface area contributed by atoms with Crippen LogP contribution in [0.5, 0.6) is 0 Å². The summed E-state index contributed by atoms with van der Waals surface area (Å²) < 4.78 is 0. The molecular formula is C22H28ClIN4O. The molecule has 0 radical (unpaired) electrons. The van der Waals surface area contributed by atoms with Crippen LogP contribution in [0, 0.1) is 0 Å². The first-order valence-electron chi connectivity index (χ1n) is 9.63. The third-order valence-corrected chi connectivity index (χ3v) is 5.19. The van der Waals surface area contributed by atoms with Crippen LogP contribution in [-0.4, -0.2) is 30.4 Å². The van der Waals surface area contributed by atoms with Gasteiger partial charge in [0.1, 0.15) is 0 Å². The Hall–Kier alpha value is -1.80. The third-order valence-electron chi connectivity index (χ3n) is 4.94. The molecule has 1 aliphatic rings. The van der Waals surface area contributed by atoms with Gasteiger partial charge in [-0.25, -0.2) is 0 Å². The zero-order chi connectivity index (χ0) is 19.9. The number of guanidine groups is 1. The van der Waals surface area contributed by atoms with Gasteiger partial charge in [0.15, 0.2) is 5.96 Å². The van der Waals surface area contributed by atoms with E-state index in [2.05, 4.69) is 40.7 Å². The number of nitrogens with one attached hydrogen (secondary N) is 2. The predicted octanol–water partition coefficient (Wildman–Crippen LogP) is 4.51. The average molecular weight is 527 g/mol. The Morgan fingerprint density at radius 2 is 1.93 bits per heavy atom. The van der Waals surface area contributed by atoms with E-state index in [1.165, 1.54) is 0 Å². The fourth-order valence-corrected chi connectivity index (χ4v) is 3.48. The number of rotatable bonds is 6. The molecule has 156 valence electrons. The topological polar surface area (TPSA) is 56.7 Å². The van der Waals surface area contributed by atoms with Crippen molar-refractivity contribution < 1.29 is 4.79 Å². The van der Waals surface area contributed by atoms with Crippen molar-refractivity contribution in [1.82, 2.24) is 15.5 Å². The summed E-state index contributed by atoms with van der Waals surface area (Å²) in [5, 5.41) is 7.48. The number of hydrogen-bond donors (Lipinski definition) is 2. The summed E-state index contributed by atoms with van der Waals surface area (Å²) in [5.74, 6) is 0.992. The van der Waals surface area contributed by atoms with Crippen molar-refractivity contribution in [3.05, 3.63) is 70.2 Å². The summed E-state index contributed by atoms with van der Waals surface area (Å²) in [7, 11) is 1.76. The van der Waals surface area contributed by atoms with E-state index in [9.17, 15) is 4.79 Å². The fourth-order valence-electron chi connectivity index (χ4n) is 3.35. The maximum absolute atomic E-state index is 11.8. The molecule has 1 heterocycles. The number of halogens is 2. The van der Waals surface area contributed by atoms with Crippen LogP contribution < -0.4 is 10.6 Å². The van der Waals surface area contributed by atoms with Crippen LogP contribution in [0.4, 0.5) is 0 Å². The molecule has 5 nitrogen and oxygen atoms in total. The minimum absolute atomic E-state index is 0. The molecular weight excluding hydrogens is 499 g/mol. The molecule has 29 heavy (non-hydrogen) atoms. The summed E-state index contributed by atoms with van der Waals surface area (Å²) in [6.07, 6.45) is 1.64. The van der Waals surface area contributed by atoms with Gasteiger partial charge in [0, 0.05) is 38.1 Å². The van der Waals surface area contributed by atoms with Crippen molar-refractivity contribution in [2.45, 2.75) is 38.9 Å². The Kier molecular flexibility index (Phi) is 9.23. The number of likely N-dealkylation sites (tertiary alicyclic amines) is 1. The predicted molar refractivity (Wildman–Crippen MR) is 130 cm³/mol. The minimum atomic E-state index is 0. The molecule has 0 aromatic heterocycles. The Morgan fingerprint density at radius 1 is 1.21 bits per heavy atom. The molecule has 7 heteroatoms. The van der Waals surface area contributed by atoms with Crippen molar-refractivity contribution in [2.24, 2.45) is 4.99 Å². The molecule has 1 fully saturated rings. The van der Waals surface area contributed by atoms with Crippen LogP contribution in [-0.2, 0) is 17.9 Å². The van der Waals surface area contributed by atoms with Crippen molar-refractivity contribution in [3.8, 4) is 0 Å². The van der Waals surface area contributed by atoms with Gasteiger partial charge < -0.3 is 15.5 Å². The van der Waals surface area contributed by atoms with Crippen LogP contribution in [0.15, 0.2) is 53.5 Å². The first kappa shape index (κ1) is 23.5. The minimum Gasteiger partial charge on any atom is -0.352 e. The van der Waals surface area contributed by atoms with Crippen LogP contribution in [0.25, 0.3) is 0 Å².